The van der Waals surface area contributed by atoms with Gasteiger partial charge in [-0.15, -0.1) is 15.0 Å². The van der Waals surface area contributed by atoms with E-state index in [1.54, 1.807) is 69.9 Å². The molecule has 0 saturated heterocycles. The Hall–Kier alpha value is -4.40. The lowest BCUT2D eigenvalue weighted by atomic mass is 10.1. The summed E-state index contributed by atoms with van der Waals surface area (Å²) in [5.74, 6) is 1.94. The summed E-state index contributed by atoms with van der Waals surface area (Å²) in [6.45, 7) is 0. The Morgan fingerprint density at radius 1 is 0.875 bits per heavy atom. The van der Waals surface area contributed by atoms with Crippen molar-refractivity contribution in [2.24, 2.45) is 0 Å². The normalized spacial score (nSPS) is 10.5. The molecular formula is C23H21N5O4. The maximum absolute atomic E-state index is 12.7. The lowest BCUT2D eigenvalue weighted by molar-refractivity contribution is 0.102. The van der Waals surface area contributed by atoms with Crippen molar-refractivity contribution in [1.82, 2.24) is 20.2 Å². The summed E-state index contributed by atoms with van der Waals surface area (Å²) in [5, 5.41) is 15.7. The zero-order chi connectivity index (χ0) is 22.5. The predicted octanol–water partition coefficient (Wildman–Crippen LogP) is 3.61. The molecule has 9 nitrogen and oxygen atoms in total. The number of nitrogens with one attached hydrogen (secondary N) is 1. The molecule has 0 fully saturated rings. The van der Waals surface area contributed by atoms with Crippen LogP contribution in [0.3, 0.4) is 0 Å². The van der Waals surface area contributed by atoms with E-state index in [4.69, 9.17) is 14.2 Å². The van der Waals surface area contributed by atoms with Crippen LogP contribution in [-0.2, 0) is 0 Å². The maximum atomic E-state index is 12.7. The smallest absolute Gasteiger partial charge is 0.255 e. The van der Waals surface area contributed by atoms with Crippen LogP contribution in [0.4, 0.5) is 5.69 Å². The number of ether oxygens (including phenoxy) is 3. The minimum atomic E-state index is -0.257. The van der Waals surface area contributed by atoms with E-state index < -0.39 is 0 Å². The number of anilines is 1. The van der Waals surface area contributed by atoms with Crippen LogP contribution >= 0.6 is 0 Å². The highest BCUT2D eigenvalue weighted by atomic mass is 16.5. The average Bonchev–Trinajstić information content (AvgIpc) is 3.34. The molecule has 0 bridgehead atoms. The van der Waals surface area contributed by atoms with E-state index >= 15 is 0 Å². The summed E-state index contributed by atoms with van der Waals surface area (Å²) < 4.78 is 15.7. The minimum Gasteiger partial charge on any atom is -0.497 e. The molecule has 4 aromatic rings. The van der Waals surface area contributed by atoms with Crippen molar-refractivity contribution in [3.63, 3.8) is 0 Å². The van der Waals surface area contributed by atoms with E-state index in [0.717, 1.165) is 0 Å². The van der Waals surface area contributed by atoms with Gasteiger partial charge in [-0.05, 0) is 53.7 Å². The van der Waals surface area contributed by atoms with E-state index in [0.29, 0.717) is 45.6 Å². The number of benzene rings is 3. The molecule has 32 heavy (non-hydrogen) atoms. The second-order valence-corrected chi connectivity index (χ2v) is 6.67. The fourth-order valence-electron chi connectivity index (χ4n) is 3.10. The van der Waals surface area contributed by atoms with Gasteiger partial charge in [0.25, 0.3) is 5.91 Å². The molecule has 0 unspecified atom stereocenters. The number of nitrogens with zero attached hydrogens (tertiary/aromatic N) is 4. The van der Waals surface area contributed by atoms with Gasteiger partial charge in [-0.3, -0.25) is 4.79 Å². The van der Waals surface area contributed by atoms with Crippen molar-refractivity contribution < 1.29 is 19.0 Å². The van der Waals surface area contributed by atoms with Gasteiger partial charge in [0.05, 0.1) is 32.7 Å². The largest absolute Gasteiger partial charge is 0.497 e. The second-order valence-electron chi connectivity index (χ2n) is 6.67. The van der Waals surface area contributed by atoms with Crippen LogP contribution in [0.25, 0.3) is 17.1 Å². The summed E-state index contributed by atoms with van der Waals surface area (Å²) in [5.41, 5.74) is 2.37. The van der Waals surface area contributed by atoms with Crippen LogP contribution in [0.15, 0.2) is 66.7 Å². The van der Waals surface area contributed by atoms with Crippen molar-refractivity contribution in [3.8, 4) is 34.3 Å². The number of aromatic nitrogens is 4. The maximum Gasteiger partial charge on any atom is 0.255 e. The molecule has 4 rings (SSSR count). The van der Waals surface area contributed by atoms with Gasteiger partial charge in [0, 0.05) is 17.2 Å². The lowest BCUT2D eigenvalue weighted by Gasteiger charge is -2.09. The molecule has 0 atom stereocenters. The molecule has 0 aliphatic rings. The highest BCUT2D eigenvalue weighted by Gasteiger charge is 2.15. The van der Waals surface area contributed by atoms with Gasteiger partial charge in [0.15, 0.2) is 11.5 Å². The fraction of sp³-hybridized carbons (Fsp3) is 0.130. The number of para-hydroxylation sites is 1. The van der Waals surface area contributed by atoms with Crippen molar-refractivity contribution in [1.29, 1.82) is 0 Å². The molecule has 162 valence electrons. The Morgan fingerprint density at radius 2 is 1.62 bits per heavy atom. The summed E-state index contributed by atoms with van der Waals surface area (Å²) in [4.78, 5) is 14.1. The number of amides is 1. The highest BCUT2D eigenvalue weighted by Crippen LogP contribution is 2.29. The number of methoxy groups -OCH3 is 3. The van der Waals surface area contributed by atoms with Gasteiger partial charge in [0.1, 0.15) is 5.75 Å². The molecule has 1 N–H and O–H groups in total. The number of tetrazole rings is 1. The van der Waals surface area contributed by atoms with Crippen molar-refractivity contribution in [2.75, 3.05) is 26.6 Å². The van der Waals surface area contributed by atoms with Crippen LogP contribution in [0.5, 0.6) is 17.2 Å². The monoisotopic (exact) mass is 431 g/mol. The summed E-state index contributed by atoms with van der Waals surface area (Å²) >= 11 is 0. The fourth-order valence-corrected chi connectivity index (χ4v) is 3.10. The van der Waals surface area contributed by atoms with Gasteiger partial charge in [-0.1, -0.05) is 12.1 Å². The van der Waals surface area contributed by atoms with Gasteiger partial charge >= 0.3 is 0 Å². The standard InChI is InChI=1S/C23H21N5O4/c1-30-17-11-8-15(9-12-17)23(29)24-19-7-5-4-6-18(19)22-25-27-28(26-22)16-10-13-20(31-2)21(14-16)32-3/h4-14H,1-3H3,(H,24,29). The topological polar surface area (TPSA) is 100 Å². The Morgan fingerprint density at radius 3 is 2.34 bits per heavy atom. The molecule has 9 heteroatoms. The van der Waals surface area contributed by atoms with Crippen LogP contribution < -0.4 is 19.5 Å². The Labute approximate surface area is 184 Å². The zero-order valence-electron chi connectivity index (χ0n) is 17.8. The molecule has 1 heterocycles. The SMILES string of the molecule is COc1ccc(C(=O)Nc2ccccc2-c2nnn(-c3ccc(OC)c(OC)c3)n2)cc1. The van der Waals surface area contributed by atoms with E-state index in [-0.39, 0.29) is 5.91 Å². The third-order valence-corrected chi connectivity index (χ3v) is 4.78. The van der Waals surface area contributed by atoms with Crippen molar-refractivity contribution in [3.05, 3.63) is 72.3 Å². The van der Waals surface area contributed by atoms with Gasteiger partial charge in [-0.2, -0.15) is 0 Å². The van der Waals surface area contributed by atoms with E-state index in [1.165, 1.54) is 4.80 Å². The average molecular weight is 431 g/mol. The molecule has 1 aromatic heterocycles. The Balaban J connectivity index is 1.60. The molecule has 0 radical (unpaired) electrons. The zero-order valence-corrected chi connectivity index (χ0v) is 17.8. The number of rotatable bonds is 7. The first kappa shape index (κ1) is 20.9. The van der Waals surface area contributed by atoms with Gasteiger partial charge in [-0.25, -0.2) is 0 Å². The van der Waals surface area contributed by atoms with E-state index in [9.17, 15) is 4.79 Å². The number of carbonyl (C=O) groups is 1. The first-order valence-electron chi connectivity index (χ1n) is 9.70. The second kappa shape index (κ2) is 9.17. The molecular weight excluding hydrogens is 410 g/mol. The molecule has 3 aromatic carbocycles. The van der Waals surface area contributed by atoms with E-state index in [1.807, 2.05) is 18.2 Å². The molecule has 0 aliphatic heterocycles. The van der Waals surface area contributed by atoms with Crippen LogP contribution in [-0.4, -0.2) is 47.4 Å². The first-order chi connectivity index (χ1) is 15.6. The van der Waals surface area contributed by atoms with Crippen LogP contribution in [0.2, 0.25) is 0 Å². The molecule has 0 saturated carbocycles. The first-order valence-corrected chi connectivity index (χ1v) is 9.70. The van der Waals surface area contributed by atoms with Crippen LogP contribution in [0.1, 0.15) is 10.4 Å². The summed E-state index contributed by atoms with van der Waals surface area (Å²) in [6, 6.07) is 19.4. The highest BCUT2D eigenvalue weighted by molar-refractivity contribution is 6.06. The van der Waals surface area contributed by atoms with Crippen molar-refractivity contribution >= 4 is 11.6 Å². The Kier molecular flexibility index (Phi) is 5.98. The quantitative estimate of drug-likeness (QED) is 0.477. The van der Waals surface area contributed by atoms with Crippen LogP contribution in [0, 0.1) is 0 Å². The molecule has 0 spiro atoms. The number of hydrogen-bond donors (Lipinski definition) is 1. The number of carbonyl (C=O) groups excluding carboxylic acids is 1. The third-order valence-electron chi connectivity index (χ3n) is 4.78. The number of hydrogen-bond acceptors (Lipinski definition) is 7. The molecule has 1 amide bonds. The third kappa shape index (κ3) is 4.22. The minimum absolute atomic E-state index is 0.257. The Bertz CT molecular complexity index is 1240. The van der Waals surface area contributed by atoms with Crippen molar-refractivity contribution in [2.45, 2.75) is 0 Å². The van der Waals surface area contributed by atoms with Gasteiger partial charge < -0.3 is 19.5 Å². The van der Waals surface area contributed by atoms with Gasteiger partial charge in [0.2, 0.25) is 5.82 Å². The van der Waals surface area contributed by atoms with E-state index in [2.05, 4.69) is 20.7 Å². The predicted molar refractivity (Wildman–Crippen MR) is 119 cm³/mol. The molecule has 0 aliphatic carbocycles. The summed E-state index contributed by atoms with van der Waals surface area (Å²) in [6.07, 6.45) is 0. The lowest BCUT2D eigenvalue weighted by Crippen LogP contribution is -2.12. The summed E-state index contributed by atoms with van der Waals surface area (Å²) in [7, 11) is 4.71.